The summed E-state index contributed by atoms with van der Waals surface area (Å²) in [5, 5.41) is 0. The van der Waals surface area contributed by atoms with Crippen molar-refractivity contribution >= 4 is 57.4 Å². The van der Waals surface area contributed by atoms with Crippen LogP contribution in [0.2, 0.25) is 0 Å². The maximum absolute atomic E-state index is 8.68. The Labute approximate surface area is 72.0 Å². The van der Waals surface area contributed by atoms with Gasteiger partial charge in [-0.1, -0.05) is 12.2 Å². The Morgan fingerprint density at radius 2 is 2.56 bits per heavy atom. The third-order valence-electron chi connectivity index (χ3n) is 0.643. The van der Waals surface area contributed by atoms with Gasteiger partial charge in [-0.05, 0) is 7.12 Å². The van der Waals surface area contributed by atoms with Crippen molar-refractivity contribution in [1.82, 2.24) is 10.3 Å². The molecule has 8 heteroatoms. The standard InChI is InChI=1S/CH4N2OS5/c4-8-9(6)1(5)2-3-7-9/h3-4,6H,(H,2,5). The molecule has 0 radical (unpaired) electrons. The average Bonchev–Trinajstić information content (AvgIpc) is 2.15. The van der Waals surface area contributed by atoms with E-state index in [9.17, 15) is 0 Å². The molecule has 1 fully saturated rings. The summed E-state index contributed by atoms with van der Waals surface area (Å²) in [6, 6.07) is 0. The maximum atomic E-state index is 8.68. The van der Waals surface area contributed by atoms with Crippen molar-refractivity contribution in [3.8, 4) is 0 Å². The average molecular weight is 220 g/mol. The van der Waals surface area contributed by atoms with Crippen LogP contribution in [0.25, 0.3) is 0 Å². The molecule has 1 saturated heterocycles. The lowest BCUT2D eigenvalue weighted by Crippen LogP contribution is -2.21. The summed E-state index contributed by atoms with van der Waals surface area (Å²) in [6.07, 6.45) is 0. The number of hydrazine groups is 1. The van der Waals surface area contributed by atoms with E-state index in [1.165, 1.54) is 11.0 Å². The highest BCUT2D eigenvalue weighted by molar-refractivity contribution is 9.50. The van der Waals surface area contributed by atoms with Crippen LogP contribution in [0.4, 0.5) is 0 Å². The Balaban J connectivity index is 2.67. The summed E-state index contributed by atoms with van der Waals surface area (Å²) < 4.78 is 9.26. The van der Waals surface area contributed by atoms with Gasteiger partial charge in [0.2, 0.25) is 0 Å². The van der Waals surface area contributed by atoms with Crippen molar-refractivity contribution in [2.75, 3.05) is 0 Å². The van der Waals surface area contributed by atoms with Gasteiger partial charge in [-0.25, -0.2) is 0 Å². The van der Waals surface area contributed by atoms with Gasteiger partial charge in [-0.15, -0.1) is 11.7 Å². The summed E-state index contributed by atoms with van der Waals surface area (Å²) in [5.74, 6) is 0. The first-order valence-corrected chi connectivity index (χ1v) is 7.53. The molecule has 0 saturated carbocycles. The van der Waals surface area contributed by atoms with E-state index in [-0.39, 0.29) is 0 Å². The van der Waals surface area contributed by atoms with E-state index in [1.54, 1.807) is 0 Å². The minimum atomic E-state index is -1.53. The second-order valence-corrected chi connectivity index (χ2v) is 11.4. The van der Waals surface area contributed by atoms with E-state index in [4.69, 9.17) is 16.8 Å². The largest absolute Gasteiger partial charge is 0.320 e. The lowest BCUT2D eigenvalue weighted by Gasteiger charge is -2.18. The summed E-state index contributed by atoms with van der Waals surface area (Å²) in [6.45, 7) is 0. The van der Waals surface area contributed by atoms with E-state index in [0.717, 1.165) is 0 Å². The summed E-state index contributed by atoms with van der Waals surface area (Å²) >= 11 is 9.69. The van der Waals surface area contributed by atoms with Gasteiger partial charge in [0.15, 0.2) is 4.32 Å². The summed E-state index contributed by atoms with van der Waals surface area (Å²) in [4.78, 5) is 2.72. The van der Waals surface area contributed by atoms with Gasteiger partial charge < -0.3 is 4.55 Å². The molecule has 3 nitrogen and oxygen atoms in total. The highest BCUT2D eigenvalue weighted by Gasteiger charge is 2.32. The highest BCUT2D eigenvalue weighted by atomic mass is 33.8. The zero-order valence-corrected chi connectivity index (χ0v) is 8.19. The molecule has 1 aliphatic heterocycles. The number of nitrogens with one attached hydrogen (secondary N) is 2. The normalized spacial score (nSPS) is 41.8. The molecule has 0 amide bonds. The van der Waals surface area contributed by atoms with E-state index >= 15 is 0 Å². The van der Waals surface area contributed by atoms with E-state index in [1.807, 2.05) is 0 Å². The van der Waals surface area contributed by atoms with Gasteiger partial charge in [-0.2, -0.15) is 4.83 Å². The Morgan fingerprint density at radius 3 is 2.78 bits per heavy atom. The van der Waals surface area contributed by atoms with Gasteiger partial charge in [0.25, 0.3) is 0 Å². The van der Waals surface area contributed by atoms with Crippen molar-refractivity contribution in [2.45, 2.75) is 0 Å². The molecule has 9 heavy (non-hydrogen) atoms. The molecule has 0 aromatic rings. The van der Waals surface area contributed by atoms with Gasteiger partial charge in [0.05, 0.1) is 11.1 Å². The monoisotopic (exact) mass is 220 g/mol. The Kier molecular flexibility index (Phi) is 2.84. The lowest BCUT2D eigenvalue weighted by atomic mass is 11.5. The van der Waals surface area contributed by atoms with Crippen LogP contribution in [0.15, 0.2) is 0 Å². The number of thiocarbonyl (C=S) groups is 1. The fraction of sp³-hybridized carbons (Fsp3) is 0. The molecule has 1 rings (SSSR count). The molecule has 0 aromatic heterocycles. The Hall–Kier alpha value is 1.21. The van der Waals surface area contributed by atoms with Crippen molar-refractivity contribution in [2.24, 2.45) is 0 Å². The zero-order valence-electron chi connectivity index (χ0n) is 4.03. The number of thiol groups is 1. The van der Waals surface area contributed by atoms with Crippen LogP contribution in [0.5, 0.6) is 0 Å². The molecule has 0 aromatic carbocycles. The van der Waals surface area contributed by atoms with Crippen molar-refractivity contribution in [3.05, 3.63) is 0 Å². The van der Waals surface area contributed by atoms with Crippen LogP contribution in [0.3, 0.4) is 0 Å². The van der Waals surface area contributed by atoms with Gasteiger partial charge in [0, 0.05) is 11.0 Å². The van der Waals surface area contributed by atoms with Crippen molar-refractivity contribution in [1.29, 1.82) is 0 Å². The molecule has 0 spiro atoms. The summed E-state index contributed by atoms with van der Waals surface area (Å²) in [7, 11) is -0.217. The smallest absolute Gasteiger partial charge is 0.161 e. The first-order chi connectivity index (χ1) is 4.19. The predicted molar refractivity (Wildman–Crippen MR) is 53.3 cm³/mol. The van der Waals surface area contributed by atoms with Crippen LogP contribution in [-0.2, 0) is 0 Å². The first-order valence-electron chi connectivity index (χ1n) is 1.81. The lowest BCUT2D eigenvalue weighted by molar-refractivity contribution is 0.676. The Morgan fingerprint density at radius 1 is 1.89 bits per heavy atom. The Bertz CT molecular complexity index is 139. The van der Waals surface area contributed by atoms with Gasteiger partial charge >= 0.3 is 0 Å². The molecular weight excluding hydrogens is 216 g/mol. The zero-order chi connectivity index (χ0) is 6.91. The quantitative estimate of drug-likeness (QED) is 0.177. The predicted octanol–water partition coefficient (Wildman–Crippen LogP) is 1.71. The first kappa shape index (κ1) is 8.31. The SMILES string of the molecule is OSS1(S)SNNC1=S. The summed E-state index contributed by atoms with van der Waals surface area (Å²) in [5.41, 5.74) is 2.69. The second kappa shape index (κ2) is 3.07. The van der Waals surface area contributed by atoms with Crippen molar-refractivity contribution < 1.29 is 4.55 Å². The molecule has 0 aliphatic carbocycles. The van der Waals surface area contributed by atoms with Gasteiger partial charge in [0.1, 0.15) is 0 Å². The molecule has 1 atom stereocenters. The number of hydrogen-bond acceptors (Lipinski definition) is 6. The van der Waals surface area contributed by atoms with Crippen LogP contribution >= 0.6 is 53.1 Å². The third-order valence-corrected chi connectivity index (χ3v) is 9.20. The number of rotatable bonds is 1. The molecule has 54 valence electrons. The van der Waals surface area contributed by atoms with Crippen LogP contribution in [0, 0.1) is 0 Å². The highest BCUT2D eigenvalue weighted by Crippen LogP contribution is 2.73. The fourth-order valence-corrected chi connectivity index (χ4v) is 3.93. The van der Waals surface area contributed by atoms with Gasteiger partial charge in [-0.3, -0.25) is 5.43 Å². The third kappa shape index (κ3) is 1.62. The maximum Gasteiger partial charge on any atom is 0.161 e. The minimum absolute atomic E-state index is 0.573. The minimum Gasteiger partial charge on any atom is -0.320 e. The molecule has 1 heterocycles. The molecule has 0 bridgehead atoms. The number of hydrogen-bond donors (Lipinski definition) is 4. The fourth-order valence-electron chi connectivity index (χ4n) is 0.270. The van der Waals surface area contributed by atoms with E-state index in [0.29, 0.717) is 15.4 Å². The van der Waals surface area contributed by atoms with E-state index in [2.05, 4.69) is 21.9 Å². The van der Waals surface area contributed by atoms with E-state index < -0.39 is 7.12 Å². The molecule has 1 aliphatic rings. The van der Waals surface area contributed by atoms with Crippen molar-refractivity contribution in [3.63, 3.8) is 0 Å². The van der Waals surface area contributed by atoms with Crippen LogP contribution in [0.1, 0.15) is 0 Å². The van der Waals surface area contributed by atoms with Crippen LogP contribution < -0.4 is 10.3 Å². The molecule has 1 unspecified atom stereocenters. The topological polar surface area (TPSA) is 44.3 Å². The molecular formula is CH4N2OS5. The van der Waals surface area contributed by atoms with Crippen LogP contribution in [-0.4, -0.2) is 8.87 Å². The molecule has 3 N–H and O–H groups in total. The second-order valence-electron chi connectivity index (χ2n) is 1.15.